The summed E-state index contributed by atoms with van der Waals surface area (Å²) < 4.78 is 0. The molecule has 0 fully saturated rings. The average molecular weight is 277 g/mol. The van der Waals surface area contributed by atoms with Crippen LogP contribution >= 0.6 is 0 Å². The van der Waals surface area contributed by atoms with Gasteiger partial charge in [-0.1, -0.05) is 19.9 Å². The Morgan fingerprint density at radius 1 is 1.15 bits per heavy atom. The number of hydrogen-bond acceptors (Lipinski definition) is 3. The molecule has 5 nitrogen and oxygen atoms in total. The number of nitrogens with one attached hydrogen (secondary N) is 2. The van der Waals surface area contributed by atoms with Crippen LogP contribution in [0.5, 0.6) is 0 Å². The molecule has 1 aromatic carbocycles. The fraction of sp³-hybridized carbons (Fsp3) is 0.467. The van der Waals surface area contributed by atoms with E-state index in [1.807, 2.05) is 27.7 Å². The number of carbonyl (C=O) groups excluding carboxylic acids is 2. The van der Waals surface area contributed by atoms with Gasteiger partial charge in [-0.15, -0.1) is 0 Å². The van der Waals surface area contributed by atoms with E-state index in [9.17, 15) is 9.59 Å². The monoisotopic (exact) mass is 277 g/mol. The fourth-order valence-corrected chi connectivity index (χ4v) is 1.61. The van der Waals surface area contributed by atoms with Crippen LogP contribution in [-0.2, 0) is 4.79 Å². The van der Waals surface area contributed by atoms with E-state index in [4.69, 9.17) is 5.73 Å². The molecule has 0 unspecified atom stereocenters. The van der Waals surface area contributed by atoms with Gasteiger partial charge in [0.1, 0.15) is 0 Å². The van der Waals surface area contributed by atoms with Crippen LogP contribution in [0.1, 0.15) is 38.1 Å². The number of hydrogen-bond donors (Lipinski definition) is 3. The Morgan fingerprint density at radius 2 is 1.80 bits per heavy atom. The predicted octanol–water partition coefficient (Wildman–Crippen LogP) is 1.75. The first-order chi connectivity index (χ1) is 9.31. The van der Waals surface area contributed by atoms with Crippen LogP contribution in [0.4, 0.5) is 5.69 Å². The summed E-state index contributed by atoms with van der Waals surface area (Å²) >= 11 is 0. The summed E-state index contributed by atoms with van der Waals surface area (Å²) in [6.07, 6.45) is 0. The van der Waals surface area contributed by atoms with E-state index >= 15 is 0 Å². The molecule has 5 heteroatoms. The van der Waals surface area contributed by atoms with Gasteiger partial charge in [0.05, 0.1) is 6.04 Å². The third-order valence-corrected chi connectivity index (χ3v) is 2.83. The summed E-state index contributed by atoms with van der Waals surface area (Å²) in [5.74, 6) is -0.354. The van der Waals surface area contributed by atoms with Crippen molar-refractivity contribution < 1.29 is 9.59 Å². The first kappa shape index (κ1) is 16.2. The highest BCUT2D eigenvalue weighted by molar-refractivity contribution is 5.98. The maximum atomic E-state index is 11.9. The van der Waals surface area contributed by atoms with Gasteiger partial charge >= 0.3 is 0 Å². The van der Waals surface area contributed by atoms with Crippen LogP contribution in [0.15, 0.2) is 24.3 Å². The van der Waals surface area contributed by atoms with Crippen molar-refractivity contribution in [3.63, 3.8) is 0 Å². The van der Waals surface area contributed by atoms with Crippen molar-refractivity contribution >= 4 is 17.5 Å². The molecule has 1 aromatic rings. The van der Waals surface area contributed by atoms with Crippen LogP contribution in [0.3, 0.4) is 0 Å². The van der Waals surface area contributed by atoms with Gasteiger partial charge in [-0.05, 0) is 38.0 Å². The average Bonchev–Trinajstić information content (AvgIpc) is 2.37. The number of anilines is 1. The molecule has 20 heavy (non-hydrogen) atoms. The number of carbonyl (C=O) groups is 2. The minimum absolute atomic E-state index is 0.0578. The Balaban J connectivity index is 2.78. The van der Waals surface area contributed by atoms with E-state index < -0.39 is 6.04 Å². The molecule has 0 spiro atoms. The lowest BCUT2D eigenvalue weighted by atomic mass is 10.0. The molecular formula is C15H23N3O2. The van der Waals surface area contributed by atoms with E-state index in [1.165, 1.54) is 0 Å². The SMILES string of the molecule is CC(C)NC(=O)c1cccc(NC(=O)[C@H](N)C(C)C)c1. The quantitative estimate of drug-likeness (QED) is 0.766. The summed E-state index contributed by atoms with van der Waals surface area (Å²) in [5, 5.41) is 5.53. The van der Waals surface area contributed by atoms with Crippen LogP contribution in [0.2, 0.25) is 0 Å². The number of amides is 2. The molecule has 0 bridgehead atoms. The lowest BCUT2D eigenvalue weighted by Crippen LogP contribution is -2.39. The van der Waals surface area contributed by atoms with Crippen molar-refractivity contribution in [1.82, 2.24) is 5.32 Å². The fourth-order valence-electron chi connectivity index (χ4n) is 1.61. The molecule has 0 aliphatic heterocycles. The first-order valence-corrected chi connectivity index (χ1v) is 6.78. The van der Waals surface area contributed by atoms with Gasteiger partial charge in [0, 0.05) is 17.3 Å². The van der Waals surface area contributed by atoms with Gasteiger partial charge < -0.3 is 16.4 Å². The molecule has 110 valence electrons. The van der Waals surface area contributed by atoms with Gasteiger partial charge in [-0.2, -0.15) is 0 Å². The molecule has 2 amide bonds. The van der Waals surface area contributed by atoms with Crippen molar-refractivity contribution in [2.24, 2.45) is 11.7 Å². The second-order valence-corrected chi connectivity index (χ2v) is 5.47. The van der Waals surface area contributed by atoms with E-state index in [-0.39, 0.29) is 23.8 Å². The zero-order valence-electron chi connectivity index (χ0n) is 12.4. The van der Waals surface area contributed by atoms with Gasteiger partial charge in [0.25, 0.3) is 5.91 Å². The van der Waals surface area contributed by atoms with Crippen molar-refractivity contribution in [3.8, 4) is 0 Å². The maximum absolute atomic E-state index is 11.9. The molecule has 0 radical (unpaired) electrons. The van der Waals surface area contributed by atoms with Crippen LogP contribution in [-0.4, -0.2) is 23.9 Å². The largest absolute Gasteiger partial charge is 0.350 e. The van der Waals surface area contributed by atoms with Crippen LogP contribution in [0.25, 0.3) is 0 Å². The summed E-state index contributed by atoms with van der Waals surface area (Å²) in [6, 6.07) is 6.31. The zero-order valence-corrected chi connectivity index (χ0v) is 12.4. The second-order valence-electron chi connectivity index (χ2n) is 5.47. The van der Waals surface area contributed by atoms with Gasteiger partial charge in [-0.25, -0.2) is 0 Å². The smallest absolute Gasteiger partial charge is 0.251 e. The summed E-state index contributed by atoms with van der Waals surface area (Å²) in [5.41, 5.74) is 6.86. The third-order valence-electron chi connectivity index (χ3n) is 2.83. The molecule has 0 aliphatic rings. The molecule has 1 atom stereocenters. The van der Waals surface area contributed by atoms with Crippen LogP contribution < -0.4 is 16.4 Å². The lowest BCUT2D eigenvalue weighted by molar-refractivity contribution is -0.118. The highest BCUT2D eigenvalue weighted by atomic mass is 16.2. The minimum atomic E-state index is -0.567. The van der Waals surface area contributed by atoms with E-state index in [0.29, 0.717) is 11.3 Å². The van der Waals surface area contributed by atoms with Crippen molar-refractivity contribution in [3.05, 3.63) is 29.8 Å². The molecule has 4 N–H and O–H groups in total. The lowest BCUT2D eigenvalue weighted by Gasteiger charge is -2.16. The highest BCUT2D eigenvalue weighted by Crippen LogP contribution is 2.12. The summed E-state index contributed by atoms with van der Waals surface area (Å²) in [6.45, 7) is 7.56. The molecular weight excluding hydrogens is 254 g/mol. The molecule has 0 saturated carbocycles. The Morgan fingerprint density at radius 3 is 2.35 bits per heavy atom. The Labute approximate surface area is 119 Å². The minimum Gasteiger partial charge on any atom is -0.350 e. The summed E-state index contributed by atoms with van der Waals surface area (Å²) in [7, 11) is 0. The van der Waals surface area contributed by atoms with Crippen molar-refractivity contribution in [1.29, 1.82) is 0 Å². The van der Waals surface area contributed by atoms with E-state index in [0.717, 1.165) is 0 Å². The standard InChI is InChI=1S/C15H23N3O2/c1-9(2)13(16)15(20)18-12-7-5-6-11(8-12)14(19)17-10(3)4/h5-10,13H,16H2,1-4H3,(H,17,19)(H,18,20)/t13-/m1/s1. The van der Waals surface area contributed by atoms with Gasteiger partial charge in [0.15, 0.2) is 0 Å². The number of rotatable bonds is 5. The Kier molecular flexibility index (Phi) is 5.70. The molecule has 0 aromatic heterocycles. The first-order valence-electron chi connectivity index (χ1n) is 6.78. The number of nitrogens with two attached hydrogens (primary N) is 1. The van der Waals surface area contributed by atoms with E-state index in [2.05, 4.69) is 10.6 Å². The van der Waals surface area contributed by atoms with Gasteiger partial charge in [0.2, 0.25) is 5.91 Å². The Bertz CT molecular complexity index is 484. The zero-order chi connectivity index (χ0) is 15.3. The molecule has 0 aliphatic carbocycles. The normalized spacial score (nSPS) is 12.3. The third kappa shape index (κ3) is 4.66. The van der Waals surface area contributed by atoms with Crippen molar-refractivity contribution in [2.75, 3.05) is 5.32 Å². The van der Waals surface area contributed by atoms with Crippen molar-refractivity contribution in [2.45, 2.75) is 39.8 Å². The second kappa shape index (κ2) is 7.05. The van der Waals surface area contributed by atoms with Crippen LogP contribution in [0, 0.1) is 5.92 Å². The number of benzene rings is 1. The topological polar surface area (TPSA) is 84.2 Å². The van der Waals surface area contributed by atoms with E-state index in [1.54, 1.807) is 24.3 Å². The molecule has 0 heterocycles. The Hall–Kier alpha value is -1.88. The maximum Gasteiger partial charge on any atom is 0.251 e. The summed E-state index contributed by atoms with van der Waals surface area (Å²) in [4.78, 5) is 23.8. The van der Waals surface area contributed by atoms with Gasteiger partial charge in [-0.3, -0.25) is 9.59 Å². The molecule has 1 rings (SSSR count). The highest BCUT2D eigenvalue weighted by Gasteiger charge is 2.17. The molecule has 0 saturated heterocycles. The predicted molar refractivity (Wildman–Crippen MR) is 80.5 cm³/mol.